The molecule has 0 bridgehead atoms. The fourth-order valence-corrected chi connectivity index (χ4v) is 1.64. The van der Waals surface area contributed by atoms with Crippen LogP contribution in [0.2, 0.25) is 0 Å². The van der Waals surface area contributed by atoms with Crippen molar-refractivity contribution in [2.75, 3.05) is 0 Å². The van der Waals surface area contributed by atoms with Gasteiger partial charge >= 0.3 is 5.51 Å². The molecule has 0 heterocycles. The second-order valence-electron chi connectivity index (χ2n) is 4.28. The first-order valence-electron chi connectivity index (χ1n) is 5.65. The molecule has 0 aliphatic carbocycles. The molecule has 0 fully saturated rings. The molecule has 0 aliphatic rings. The highest BCUT2D eigenvalue weighted by Crippen LogP contribution is 2.29. The molecule has 2 rings (SSSR count). The van der Waals surface area contributed by atoms with Crippen molar-refractivity contribution in [2.24, 2.45) is 0 Å². The molecule has 0 aromatic heterocycles. The second kappa shape index (κ2) is 7.21. The molecule has 22 heavy (non-hydrogen) atoms. The Morgan fingerprint density at radius 1 is 1.09 bits per heavy atom. The van der Waals surface area contributed by atoms with Crippen molar-refractivity contribution >= 4 is 34.4 Å². The van der Waals surface area contributed by atoms with Crippen molar-refractivity contribution in [3.63, 3.8) is 0 Å². The number of aromatic hydroxyl groups is 1. The Bertz CT molecular complexity index is 756. The number of rotatable bonds is 0. The monoisotopic (exact) mass is 356 g/mol. The molecule has 2 aromatic rings. The van der Waals surface area contributed by atoms with Gasteiger partial charge in [-0.15, -0.1) is 0 Å². The second-order valence-corrected chi connectivity index (χ2v) is 5.65. The number of halogens is 3. The van der Waals surface area contributed by atoms with E-state index in [0.29, 0.717) is 5.75 Å². The number of benzene rings is 2. The predicted molar refractivity (Wildman–Crippen MR) is 82.4 cm³/mol. The van der Waals surface area contributed by atoms with Crippen molar-refractivity contribution in [1.82, 2.24) is 0 Å². The summed E-state index contributed by atoms with van der Waals surface area (Å²) in [6.07, 6.45) is 0. The van der Waals surface area contributed by atoms with Crippen molar-refractivity contribution < 1.29 is 31.2 Å². The lowest BCUT2D eigenvalue weighted by molar-refractivity contribution is -0.0517. The molecule has 4 nitrogen and oxygen atoms in total. The lowest BCUT2D eigenvalue weighted by Crippen LogP contribution is -2.21. The van der Waals surface area contributed by atoms with Crippen LogP contribution in [0.5, 0.6) is 5.75 Å². The predicted octanol–water partition coefficient (Wildman–Crippen LogP) is 2.41. The Kier molecular flexibility index (Phi) is 6.73. The van der Waals surface area contributed by atoms with E-state index in [9.17, 15) is 18.3 Å². The molecule has 124 valence electrons. The number of phenolic OH excluding ortho intramolecular Hbond substituents is 1. The summed E-state index contributed by atoms with van der Waals surface area (Å²) in [7, 11) is -6.09. The smallest absolute Gasteiger partial charge is 0.485 e. The van der Waals surface area contributed by atoms with E-state index in [2.05, 4.69) is 6.92 Å². The highest BCUT2D eigenvalue weighted by atomic mass is 32.2. The minimum absolute atomic E-state index is 0. The minimum atomic E-state index is -6.09. The number of fused-ring (bicyclic) bond motifs is 1. The van der Waals surface area contributed by atoms with Crippen molar-refractivity contribution in [3.05, 3.63) is 41.5 Å². The number of hydrogen-bond acceptors (Lipinski definition) is 4. The molecular weight excluding hydrogens is 341 g/mol. The van der Waals surface area contributed by atoms with E-state index in [4.69, 9.17) is 13.0 Å². The maximum Gasteiger partial charge on any atom is 0.485 e. The van der Waals surface area contributed by atoms with E-state index in [1.165, 1.54) is 5.56 Å². The molecular formula is C13H15F3O4S2. The van der Waals surface area contributed by atoms with Crippen LogP contribution >= 0.6 is 0 Å². The zero-order chi connectivity index (χ0) is 16.4. The summed E-state index contributed by atoms with van der Waals surface area (Å²) in [5, 5.41) is 11.8. The molecule has 0 saturated heterocycles. The SMILES string of the molecule is Cc1cc(O)c2ccccc2c1C.O=S(=O)([O-])C(F)(F)F.[SH3+]. The lowest BCUT2D eigenvalue weighted by atomic mass is 10.0. The van der Waals surface area contributed by atoms with Crippen LogP contribution < -0.4 is 0 Å². The molecule has 2 aromatic carbocycles. The third kappa shape index (κ3) is 4.79. The molecule has 0 atom stereocenters. The Morgan fingerprint density at radius 2 is 1.50 bits per heavy atom. The van der Waals surface area contributed by atoms with Crippen molar-refractivity contribution in [3.8, 4) is 5.75 Å². The third-order valence-corrected chi connectivity index (χ3v) is 3.40. The summed E-state index contributed by atoms with van der Waals surface area (Å²) in [5.41, 5.74) is -3.27. The van der Waals surface area contributed by atoms with E-state index < -0.39 is 15.6 Å². The van der Waals surface area contributed by atoms with Crippen LogP contribution in [0.4, 0.5) is 13.2 Å². The van der Waals surface area contributed by atoms with E-state index in [-0.39, 0.29) is 13.5 Å². The van der Waals surface area contributed by atoms with Crippen LogP contribution in [0.15, 0.2) is 30.3 Å². The summed E-state index contributed by atoms with van der Waals surface area (Å²) in [4.78, 5) is 0. The van der Waals surface area contributed by atoms with E-state index >= 15 is 0 Å². The van der Waals surface area contributed by atoms with Crippen molar-refractivity contribution in [1.29, 1.82) is 0 Å². The minimum Gasteiger partial charge on any atom is -0.741 e. The van der Waals surface area contributed by atoms with Gasteiger partial charge in [-0.05, 0) is 36.4 Å². The molecule has 0 amide bonds. The van der Waals surface area contributed by atoms with Gasteiger partial charge in [-0.2, -0.15) is 13.2 Å². The van der Waals surface area contributed by atoms with E-state index in [1.807, 2.05) is 37.3 Å². The maximum atomic E-state index is 10.7. The highest BCUT2D eigenvalue weighted by molar-refractivity contribution is 7.86. The summed E-state index contributed by atoms with van der Waals surface area (Å²) < 4.78 is 58.9. The first kappa shape index (κ1) is 20.6. The molecule has 0 aliphatic heterocycles. The molecule has 0 saturated carbocycles. The van der Waals surface area contributed by atoms with Crippen LogP contribution in [0, 0.1) is 13.8 Å². The highest BCUT2D eigenvalue weighted by Gasteiger charge is 2.36. The van der Waals surface area contributed by atoms with Crippen LogP contribution in [-0.4, -0.2) is 23.6 Å². The topological polar surface area (TPSA) is 77.4 Å². The average Bonchev–Trinajstić information content (AvgIpc) is 2.34. The largest absolute Gasteiger partial charge is 0.741 e. The number of phenols is 1. The number of hydrogen-bond donors (Lipinski definition) is 1. The number of alkyl halides is 3. The van der Waals surface area contributed by atoms with Gasteiger partial charge in [0, 0.05) is 5.39 Å². The van der Waals surface area contributed by atoms with Gasteiger partial charge in [-0.25, -0.2) is 8.42 Å². The zero-order valence-corrected chi connectivity index (χ0v) is 13.6. The average molecular weight is 356 g/mol. The fourth-order valence-electron chi connectivity index (χ4n) is 1.64. The van der Waals surface area contributed by atoms with Crippen LogP contribution in [-0.2, 0) is 23.6 Å². The Balaban J connectivity index is 0.000000432. The molecule has 0 radical (unpaired) electrons. The van der Waals surface area contributed by atoms with Crippen molar-refractivity contribution in [2.45, 2.75) is 19.4 Å². The summed E-state index contributed by atoms with van der Waals surface area (Å²) in [6, 6.07) is 9.73. The Labute approximate surface area is 132 Å². The van der Waals surface area contributed by atoms with Gasteiger partial charge in [0.2, 0.25) is 0 Å². The van der Waals surface area contributed by atoms with Gasteiger partial charge in [0.05, 0.1) is 0 Å². The summed E-state index contributed by atoms with van der Waals surface area (Å²) in [5.74, 6) is 0.374. The van der Waals surface area contributed by atoms with Gasteiger partial charge in [0.1, 0.15) is 5.75 Å². The normalized spacial score (nSPS) is 11.4. The quantitative estimate of drug-likeness (QED) is 0.447. The van der Waals surface area contributed by atoms with E-state index in [1.54, 1.807) is 0 Å². The maximum absolute atomic E-state index is 10.7. The van der Waals surface area contributed by atoms with Gasteiger partial charge in [0.15, 0.2) is 10.1 Å². The summed E-state index contributed by atoms with van der Waals surface area (Å²) >= 11 is 0. The van der Waals surface area contributed by atoms with Crippen LogP contribution in [0.25, 0.3) is 10.8 Å². The molecule has 1 N–H and O–H groups in total. The van der Waals surface area contributed by atoms with Crippen LogP contribution in [0.3, 0.4) is 0 Å². The fraction of sp³-hybridized carbons (Fsp3) is 0.231. The Morgan fingerprint density at radius 3 is 1.91 bits per heavy atom. The summed E-state index contributed by atoms with van der Waals surface area (Å²) in [6.45, 7) is 4.10. The third-order valence-electron chi connectivity index (χ3n) is 2.84. The lowest BCUT2D eigenvalue weighted by Gasteiger charge is -2.08. The first-order chi connectivity index (χ1) is 9.45. The Hall–Kier alpha value is -1.45. The van der Waals surface area contributed by atoms with Gasteiger partial charge in [-0.3, -0.25) is 0 Å². The van der Waals surface area contributed by atoms with Gasteiger partial charge < -0.3 is 9.66 Å². The standard InChI is InChI=1S/C12H12O.CHF3O3S.H2S/c1-8-7-12(13)11-6-4-3-5-10(11)9(8)2;2-1(3,4)8(5,6)7;/h3-7,13H,1-2H3;(H,5,6,7);1H2. The first-order valence-corrected chi connectivity index (χ1v) is 7.06. The number of aryl methyl sites for hydroxylation is 2. The zero-order valence-electron chi connectivity index (χ0n) is 11.7. The van der Waals surface area contributed by atoms with Gasteiger partial charge in [-0.1, -0.05) is 37.8 Å². The van der Waals surface area contributed by atoms with Crippen LogP contribution in [0.1, 0.15) is 11.1 Å². The van der Waals surface area contributed by atoms with Gasteiger partial charge in [0.25, 0.3) is 0 Å². The van der Waals surface area contributed by atoms with E-state index in [0.717, 1.165) is 16.3 Å². The molecule has 9 heteroatoms. The molecule has 0 spiro atoms. The molecule has 0 unspecified atom stereocenters.